The molecule has 0 aromatic heterocycles. The largest absolute Gasteiger partial charge is 0.396 e. The SMILES string of the molecule is CNC(=O)[C@@H]1[C@@H]2CC(C)C3(S2)C(C(=O)Nc2c(C)cccc2C)N(CCCCCO)C(=O)[C@H]13. The van der Waals surface area contributed by atoms with Crippen LogP contribution in [0, 0.1) is 31.6 Å². The second-order valence-corrected chi connectivity index (χ2v) is 11.3. The molecule has 7 nitrogen and oxygen atoms in total. The zero-order valence-electron chi connectivity index (χ0n) is 19.9. The van der Waals surface area contributed by atoms with Gasteiger partial charge in [-0.15, -0.1) is 11.8 Å². The molecule has 0 saturated carbocycles. The lowest BCUT2D eigenvalue weighted by Crippen LogP contribution is -2.55. The van der Waals surface area contributed by atoms with E-state index >= 15 is 0 Å². The number of aryl methyl sites for hydroxylation is 2. The highest BCUT2D eigenvalue weighted by molar-refractivity contribution is 8.02. The molecule has 3 heterocycles. The van der Waals surface area contributed by atoms with Gasteiger partial charge in [-0.05, 0) is 56.6 Å². The van der Waals surface area contributed by atoms with Crippen molar-refractivity contribution >= 4 is 35.2 Å². The fraction of sp³-hybridized carbons (Fsp3) is 0.640. The zero-order valence-corrected chi connectivity index (χ0v) is 20.7. The number of nitrogens with one attached hydrogen (secondary N) is 2. The summed E-state index contributed by atoms with van der Waals surface area (Å²) in [6, 6.07) is 5.28. The van der Waals surface area contributed by atoms with Gasteiger partial charge in [0, 0.05) is 31.1 Å². The molecule has 3 fully saturated rings. The molecule has 1 aromatic rings. The minimum Gasteiger partial charge on any atom is -0.396 e. The Labute approximate surface area is 200 Å². The van der Waals surface area contributed by atoms with E-state index in [1.807, 2.05) is 32.0 Å². The molecule has 3 amide bonds. The van der Waals surface area contributed by atoms with Crippen LogP contribution in [0.3, 0.4) is 0 Å². The summed E-state index contributed by atoms with van der Waals surface area (Å²) in [7, 11) is 1.62. The first kappa shape index (κ1) is 24.1. The molecule has 0 aliphatic carbocycles. The van der Waals surface area contributed by atoms with Gasteiger partial charge in [0.1, 0.15) is 6.04 Å². The summed E-state index contributed by atoms with van der Waals surface area (Å²) in [5, 5.41) is 15.1. The van der Waals surface area contributed by atoms with Gasteiger partial charge in [-0.2, -0.15) is 0 Å². The van der Waals surface area contributed by atoms with E-state index in [0.29, 0.717) is 13.0 Å². The first-order valence-corrected chi connectivity index (χ1v) is 12.8. The standard InChI is InChI=1S/C25H35N3O4S/c1-14-9-8-10-15(2)20(14)27-23(31)21-25-16(3)13-17(33-25)18(22(30)26-4)19(25)24(32)28(21)11-6-5-7-12-29/h8-10,16-19,21,29H,5-7,11-13H2,1-4H3,(H,26,30)(H,27,31)/t16?,17-,18+,19-,21?,25?/m0/s1. The number of para-hydroxylation sites is 1. The summed E-state index contributed by atoms with van der Waals surface area (Å²) in [6.07, 6.45) is 3.00. The molecule has 1 aromatic carbocycles. The Hall–Kier alpha value is -2.06. The number of carbonyl (C=O) groups is 3. The van der Waals surface area contributed by atoms with E-state index in [9.17, 15) is 14.4 Å². The Morgan fingerprint density at radius 1 is 1.18 bits per heavy atom. The predicted octanol–water partition coefficient (Wildman–Crippen LogP) is 2.49. The minimum absolute atomic E-state index is 0.0564. The Morgan fingerprint density at radius 3 is 2.52 bits per heavy atom. The summed E-state index contributed by atoms with van der Waals surface area (Å²) in [5.41, 5.74) is 2.76. The number of thioether (sulfide) groups is 1. The fourth-order valence-corrected chi connectivity index (χ4v) is 8.72. The third-order valence-corrected chi connectivity index (χ3v) is 9.91. The topological polar surface area (TPSA) is 98.7 Å². The molecule has 3 saturated heterocycles. The van der Waals surface area contributed by atoms with Crippen molar-refractivity contribution in [3.8, 4) is 0 Å². The molecule has 33 heavy (non-hydrogen) atoms. The molecule has 3 aliphatic heterocycles. The van der Waals surface area contributed by atoms with Gasteiger partial charge in [-0.25, -0.2) is 0 Å². The predicted molar refractivity (Wildman–Crippen MR) is 130 cm³/mol. The van der Waals surface area contributed by atoms with Crippen LogP contribution in [0.2, 0.25) is 0 Å². The van der Waals surface area contributed by atoms with Crippen molar-refractivity contribution < 1.29 is 19.5 Å². The van der Waals surface area contributed by atoms with Gasteiger partial charge in [-0.3, -0.25) is 14.4 Å². The van der Waals surface area contributed by atoms with E-state index in [0.717, 1.165) is 36.1 Å². The second kappa shape index (κ2) is 9.29. The monoisotopic (exact) mass is 473 g/mol. The number of amides is 3. The van der Waals surface area contributed by atoms with Crippen molar-refractivity contribution in [2.75, 3.05) is 25.5 Å². The smallest absolute Gasteiger partial charge is 0.248 e. The van der Waals surface area contributed by atoms with Gasteiger partial charge in [0.15, 0.2) is 0 Å². The highest BCUT2D eigenvalue weighted by atomic mass is 32.2. The van der Waals surface area contributed by atoms with Gasteiger partial charge < -0.3 is 20.6 Å². The molecule has 2 bridgehead atoms. The van der Waals surface area contributed by atoms with E-state index in [2.05, 4.69) is 17.6 Å². The normalized spacial score (nSPS) is 32.2. The van der Waals surface area contributed by atoms with E-state index in [-0.39, 0.29) is 35.5 Å². The number of hydrogen-bond donors (Lipinski definition) is 3. The van der Waals surface area contributed by atoms with E-state index in [1.54, 1.807) is 23.7 Å². The van der Waals surface area contributed by atoms with E-state index < -0.39 is 22.6 Å². The molecule has 3 N–H and O–H groups in total. The molecular weight excluding hydrogens is 438 g/mol. The van der Waals surface area contributed by atoms with Crippen molar-refractivity contribution in [3.05, 3.63) is 29.3 Å². The van der Waals surface area contributed by atoms with Gasteiger partial charge in [0.05, 0.1) is 16.6 Å². The molecule has 6 atom stereocenters. The van der Waals surface area contributed by atoms with E-state index in [4.69, 9.17) is 5.11 Å². The molecule has 1 spiro atoms. The van der Waals surface area contributed by atoms with Crippen LogP contribution in [0.1, 0.15) is 43.7 Å². The molecular formula is C25H35N3O4S. The first-order valence-electron chi connectivity index (χ1n) is 12.0. The highest BCUT2D eigenvalue weighted by Gasteiger charge is 2.75. The summed E-state index contributed by atoms with van der Waals surface area (Å²) in [5.74, 6) is -1.07. The van der Waals surface area contributed by atoms with E-state index in [1.165, 1.54) is 0 Å². The molecule has 3 aliphatic rings. The minimum atomic E-state index is -0.622. The number of hydrogen-bond acceptors (Lipinski definition) is 5. The van der Waals surface area contributed by atoms with Crippen molar-refractivity contribution in [1.82, 2.24) is 10.2 Å². The molecule has 3 unspecified atom stereocenters. The van der Waals surface area contributed by atoms with Crippen LogP contribution in [-0.2, 0) is 14.4 Å². The van der Waals surface area contributed by atoms with Crippen LogP contribution in [0.25, 0.3) is 0 Å². The summed E-state index contributed by atoms with van der Waals surface area (Å²) in [4.78, 5) is 42.3. The summed E-state index contributed by atoms with van der Waals surface area (Å²) < 4.78 is -0.601. The molecule has 8 heteroatoms. The number of fused-ring (bicyclic) bond motifs is 1. The lowest BCUT2D eigenvalue weighted by molar-refractivity contribution is -0.139. The van der Waals surface area contributed by atoms with Crippen LogP contribution >= 0.6 is 11.8 Å². The second-order valence-electron chi connectivity index (χ2n) is 9.74. The Balaban J connectivity index is 1.71. The van der Waals surface area contributed by atoms with Crippen molar-refractivity contribution in [1.29, 1.82) is 0 Å². The molecule has 0 radical (unpaired) electrons. The average molecular weight is 474 g/mol. The lowest BCUT2D eigenvalue weighted by atomic mass is 9.66. The van der Waals surface area contributed by atoms with Gasteiger partial charge in [-0.1, -0.05) is 25.1 Å². The number of benzene rings is 1. The Kier molecular flexibility index (Phi) is 6.78. The number of rotatable bonds is 8. The molecule has 4 rings (SSSR count). The lowest BCUT2D eigenvalue weighted by Gasteiger charge is -2.38. The van der Waals surface area contributed by atoms with Crippen molar-refractivity contribution in [2.45, 2.75) is 62.5 Å². The van der Waals surface area contributed by atoms with Crippen LogP contribution in [-0.4, -0.2) is 64.0 Å². The number of aliphatic hydroxyl groups is 1. The maximum Gasteiger partial charge on any atom is 0.248 e. The Bertz CT molecular complexity index is 933. The quantitative estimate of drug-likeness (QED) is 0.504. The number of likely N-dealkylation sites (tertiary alicyclic amines) is 1. The van der Waals surface area contributed by atoms with Crippen LogP contribution in [0.4, 0.5) is 5.69 Å². The summed E-state index contributed by atoms with van der Waals surface area (Å²) in [6.45, 7) is 6.64. The third kappa shape index (κ3) is 3.75. The number of anilines is 1. The summed E-state index contributed by atoms with van der Waals surface area (Å²) >= 11 is 1.69. The Morgan fingerprint density at radius 2 is 1.88 bits per heavy atom. The highest BCUT2D eigenvalue weighted by Crippen LogP contribution is 2.68. The number of aliphatic hydroxyl groups excluding tert-OH is 1. The van der Waals surface area contributed by atoms with Gasteiger partial charge in [0.25, 0.3) is 0 Å². The maximum absolute atomic E-state index is 13.9. The first-order chi connectivity index (χ1) is 15.8. The van der Waals surface area contributed by atoms with Crippen LogP contribution < -0.4 is 10.6 Å². The van der Waals surface area contributed by atoms with Gasteiger partial charge >= 0.3 is 0 Å². The number of carbonyl (C=O) groups excluding carboxylic acids is 3. The van der Waals surface area contributed by atoms with Gasteiger partial charge in [0.2, 0.25) is 17.7 Å². The third-order valence-electron chi connectivity index (χ3n) is 7.83. The average Bonchev–Trinajstić information content (AvgIpc) is 3.37. The number of nitrogens with zero attached hydrogens (tertiary/aromatic N) is 1. The number of unbranched alkanes of at least 4 members (excludes halogenated alkanes) is 2. The van der Waals surface area contributed by atoms with Crippen LogP contribution in [0.5, 0.6) is 0 Å². The fourth-order valence-electron chi connectivity index (χ4n) is 6.30. The zero-order chi connectivity index (χ0) is 23.9. The molecule has 180 valence electrons. The van der Waals surface area contributed by atoms with Crippen molar-refractivity contribution in [2.24, 2.45) is 17.8 Å². The maximum atomic E-state index is 13.9. The van der Waals surface area contributed by atoms with Crippen molar-refractivity contribution in [3.63, 3.8) is 0 Å². The van der Waals surface area contributed by atoms with Crippen LogP contribution in [0.15, 0.2) is 18.2 Å².